The maximum Gasteiger partial charge on any atom is 0.314 e. The Morgan fingerprint density at radius 1 is 1.45 bits per heavy atom. The molecular weight excluding hydrogens is 300 g/mol. The van der Waals surface area contributed by atoms with Crippen LogP contribution in [0.25, 0.3) is 0 Å². The molecule has 122 valence electrons. The Hall–Kier alpha value is -1.63. The fourth-order valence-corrected chi connectivity index (χ4v) is 3.61. The van der Waals surface area contributed by atoms with Crippen molar-refractivity contribution >= 4 is 23.3 Å². The number of nitrogens with zero attached hydrogens (tertiary/aromatic N) is 2. The normalized spacial score (nSPS) is 18.3. The lowest BCUT2D eigenvalue weighted by molar-refractivity contribution is -0.126. The first-order valence-corrected chi connectivity index (χ1v) is 8.54. The molecule has 0 aliphatic carbocycles. The van der Waals surface area contributed by atoms with Crippen molar-refractivity contribution in [2.24, 2.45) is 11.7 Å². The van der Waals surface area contributed by atoms with Crippen LogP contribution in [0.4, 0.5) is 4.79 Å². The van der Waals surface area contributed by atoms with Crippen LogP contribution in [0.3, 0.4) is 0 Å². The van der Waals surface area contributed by atoms with Gasteiger partial charge in [-0.05, 0) is 33.1 Å². The van der Waals surface area contributed by atoms with Crippen molar-refractivity contribution < 1.29 is 9.59 Å². The summed E-state index contributed by atoms with van der Waals surface area (Å²) in [5.74, 6) is -0.108. The third-order valence-corrected chi connectivity index (χ3v) is 5.18. The zero-order valence-corrected chi connectivity index (χ0v) is 14.0. The van der Waals surface area contributed by atoms with Gasteiger partial charge in [0.2, 0.25) is 5.91 Å². The SMILES string of the molecule is Cc1nc(CCCNC(=O)C2CCCN(C(N)=O)C2)sc1C. The number of rotatable bonds is 5. The topological polar surface area (TPSA) is 88.3 Å². The van der Waals surface area contributed by atoms with Gasteiger partial charge in [-0.3, -0.25) is 4.79 Å². The predicted molar refractivity (Wildman–Crippen MR) is 86.8 cm³/mol. The number of urea groups is 1. The molecule has 1 fully saturated rings. The Labute approximate surface area is 135 Å². The summed E-state index contributed by atoms with van der Waals surface area (Å²) >= 11 is 1.72. The Bertz CT molecular complexity index is 524. The highest BCUT2D eigenvalue weighted by Crippen LogP contribution is 2.18. The summed E-state index contributed by atoms with van der Waals surface area (Å²) in [5.41, 5.74) is 6.37. The van der Waals surface area contributed by atoms with Crippen LogP contribution in [-0.2, 0) is 11.2 Å². The van der Waals surface area contributed by atoms with Gasteiger partial charge in [0.1, 0.15) is 0 Å². The minimum Gasteiger partial charge on any atom is -0.356 e. The second-order valence-corrected chi connectivity index (χ2v) is 7.05. The molecule has 0 saturated carbocycles. The summed E-state index contributed by atoms with van der Waals surface area (Å²) in [4.78, 5) is 30.6. The largest absolute Gasteiger partial charge is 0.356 e. The number of likely N-dealkylation sites (tertiary alicyclic amines) is 1. The number of nitrogens with one attached hydrogen (secondary N) is 1. The third kappa shape index (κ3) is 4.43. The average Bonchev–Trinajstić information content (AvgIpc) is 2.82. The molecule has 1 unspecified atom stereocenters. The zero-order valence-electron chi connectivity index (χ0n) is 13.2. The molecule has 0 radical (unpaired) electrons. The van der Waals surface area contributed by atoms with Crippen LogP contribution < -0.4 is 11.1 Å². The lowest BCUT2D eigenvalue weighted by Crippen LogP contribution is -2.47. The number of hydrogen-bond donors (Lipinski definition) is 2. The van der Waals surface area contributed by atoms with Crippen LogP contribution in [0.1, 0.15) is 34.8 Å². The highest BCUT2D eigenvalue weighted by Gasteiger charge is 2.27. The van der Waals surface area contributed by atoms with Gasteiger partial charge in [0.05, 0.1) is 16.6 Å². The Kier molecular flexibility index (Phi) is 5.76. The highest BCUT2D eigenvalue weighted by molar-refractivity contribution is 7.11. The van der Waals surface area contributed by atoms with E-state index in [1.165, 1.54) is 4.88 Å². The molecule has 1 atom stereocenters. The van der Waals surface area contributed by atoms with Gasteiger partial charge in [0.15, 0.2) is 0 Å². The number of carbonyl (C=O) groups excluding carboxylic acids is 2. The lowest BCUT2D eigenvalue weighted by atomic mass is 9.97. The number of hydrogen-bond acceptors (Lipinski definition) is 4. The minimum atomic E-state index is -0.438. The maximum atomic E-state index is 12.1. The zero-order chi connectivity index (χ0) is 16.1. The quantitative estimate of drug-likeness (QED) is 0.806. The van der Waals surface area contributed by atoms with Gasteiger partial charge < -0.3 is 16.0 Å². The van der Waals surface area contributed by atoms with Gasteiger partial charge in [-0.1, -0.05) is 0 Å². The number of primary amides is 1. The first-order chi connectivity index (χ1) is 10.5. The van der Waals surface area contributed by atoms with E-state index in [2.05, 4.69) is 17.2 Å². The van der Waals surface area contributed by atoms with Crippen LogP contribution in [0.15, 0.2) is 0 Å². The van der Waals surface area contributed by atoms with E-state index in [9.17, 15) is 9.59 Å². The van der Waals surface area contributed by atoms with Gasteiger partial charge in [-0.2, -0.15) is 0 Å². The maximum absolute atomic E-state index is 12.1. The molecule has 3 amide bonds. The molecule has 2 rings (SSSR count). The summed E-state index contributed by atoms with van der Waals surface area (Å²) in [6, 6.07) is -0.438. The fraction of sp³-hybridized carbons (Fsp3) is 0.667. The number of carbonyl (C=O) groups is 2. The van der Waals surface area contributed by atoms with Gasteiger partial charge in [0, 0.05) is 30.9 Å². The molecular formula is C15H24N4O2S. The first kappa shape index (κ1) is 16.7. The Balaban J connectivity index is 1.70. The van der Waals surface area contributed by atoms with Gasteiger partial charge in [-0.15, -0.1) is 11.3 Å². The summed E-state index contributed by atoms with van der Waals surface area (Å²) in [5, 5.41) is 4.09. The van der Waals surface area contributed by atoms with E-state index in [4.69, 9.17) is 5.73 Å². The van der Waals surface area contributed by atoms with E-state index >= 15 is 0 Å². The molecule has 2 heterocycles. The minimum absolute atomic E-state index is 0.0254. The number of piperidine rings is 1. The fourth-order valence-electron chi connectivity index (χ4n) is 2.63. The molecule has 1 aromatic rings. The van der Waals surface area contributed by atoms with E-state index in [1.54, 1.807) is 16.2 Å². The van der Waals surface area contributed by atoms with E-state index in [1.807, 2.05) is 6.92 Å². The van der Waals surface area contributed by atoms with Crippen molar-refractivity contribution in [1.29, 1.82) is 0 Å². The second-order valence-electron chi connectivity index (χ2n) is 5.77. The molecule has 3 N–H and O–H groups in total. The number of aryl methyl sites for hydroxylation is 3. The third-order valence-electron chi connectivity index (χ3n) is 4.04. The van der Waals surface area contributed by atoms with E-state index < -0.39 is 6.03 Å². The van der Waals surface area contributed by atoms with Crippen LogP contribution in [0.2, 0.25) is 0 Å². The van der Waals surface area contributed by atoms with Crippen LogP contribution in [0.5, 0.6) is 0 Å². The first-order valence-electron chi connectivity index (χ1n) is 7.72. The van der Waals surface area contributed by atoms with E-state index in [0.29, 0.717) is 19.6 Å². The highest BCUT2D eigenvalue weighted by atomic mass is 32.1. The smallest absolute Gasteiger partial charge is 0.314 e. The second kappa shape index (κ2) is 7.58. The Morgan fingerprint density at radius 2 is 2.23 bits per heavy atom. The average molecular weight is 324 g/mol. The Morgan fingerprint density at radius 3 is 2.86 bits per heavy atom. The number of nitrogens with two attached hydrogens (primary N) is 1. The molecule has 1 aromatic heterocycles. The summed E-state index contributed by atoms with van der Waals surface area (Å²) < 4.78 is 0. The van der Waals surface area contributed by atoms with Crippen molar-refractivity contribution in [2.75, 3.05) is 19.6 Å². The number of aromatic nitrogens is 1. The van der Waals surface area contributed by atoms with E-state index in [0.717, 1.165) is 36.4 Å². The molecule has 22 heavy (non-hydrogen) atoms. The number of thiazole rings is 1. The van der Waals surface area contributed by atoms with E-state index in [-0.39, 0.29) is 11.8 Å². The molecule has 1 saturated heterocycles. The molecule has 0 spiro atoms. The molecule has 0 aromatic carbocycles. The van der Waals surface area contributed by atoms with Gasteiger partial charge in [0.25, 0.3) is 0 Å². The van der Waals surface area contributed by atoms with Crippen molar-refractivity contribution in [2.45, 2.75) is 39.5 Å². The predicted octanol–water partition coefficient (Wildman–Crippen LogP) is 1.60. The van der Waals surface area contributed by atoms with Crippen LogP contribution >= 0.6 is 11.3 Å². The van der Waals surface area contributed by atoms with Crippen molar-refractivity contribution in [1.82, 2.24) is 15.2 Å². The van der Waals surface area contributed by atoms with Gasteiger partial charge in [-0.25, -0.2) is 9.78 Å². The van der Waals surface area contributed by atoms with Crippen molar-refractivity contribution in [3.8, 4) is 0 Å². The molecule has 0 bridgehead atoms. The molecule has 1 aliphatic rings. The molecule has 7 heteroatoms. The summed E-state index contributed by atoms with van der Waals surface area (Å²) in [6.07, 6.45) is 3.42. The van der Waals surface area contributed by atoms with Crippen LogP contribution in [0, 0.1) is 19.8 Å². The van der Waals surface area contributed by atoms with Crippen molar-refractivity contribution in [3.63, 3.8) is 0 Å². The van der Waals surface area contributed by atoms with Crippen molar-refractivity contribution in [3.05, 3.63) is 15.6 Å². The van der Waals surface area contributed by atoms with Gasteiger partial charge >= 0.3 is 6.03 Å². The summed E-state index contributed by atoms with van der Waals surface area (Å²) in [6.45, 7) is 5.83. The lowest BCUT2D eigenvalue weighted by Gasteiger charge is -2.30. The monoisotopic (exact) mass is 324 g/mol. The molecule has 6 nitrogen and oxygen atoms in total. The number of amides is 3. The molecule has 1 aliphatic heterocycles. The summed E-state index contributed by atoms with van der Waals surface area (Å²) in [7, 11) is 0. The van der Waals surface area contributed by atoms with Crippen LogP contribution in [-0.4, -0.2) is 41.5 Å². The standard InChI is InChI=1S/C15H24N4O2S/c1-10-11(2)22-13(18-10)6-3-7-17-14(20)12-5-4-8-19(9-12)15(16)21/h12H,3-9H2,1-2H3,(H2,16,21)(H,17,20).